The number of nitrogens with two attached hydrogens (primary N) is 1. The number of benzene rings is 2. The van der Waals surface area contributed by atoms with Gasteiger partial charge < -0.3 is 15.6 Å². The largest absolute Gasteiger partial charge is 0.354 e. The summed E-state index contributed by atoms with van der Waals surface area (Å²) >= 11 is 0. The average molecular weight is 322 g/mol. The Morgan fingerprint density at radius 3 is 2.67 bits per heavy atom. The molecule has 0 radical (unpaired) electrons. The molecule has 1 aromatic heterocycles. The summed E-state index contributed by atoms with van der Waals surface area (Å²) in [5, 5.41) is 2.95. The number of carbonyl (C=O) groups excluding carboxylic acids is 1. The van der Waals surface area contributed by atoms with Crippen LogP contribution in [0.4, 0.5) is 0 Å². The lowest BCUT2D eigenvalue weighted by atomic mass is 10.0. The highest BCUT2D eigenvalue weighted by molar-refractivity contribution is 5.77. The Morgan fingerprint density at radius 2 is 1.88 bits per heavy atom. The van der Waals surface area contributed by atoms with Crippen molar-refractivity contribution < 1.29 is 4.79 Å². The number of amides is 1. The average Bonchev–Trinajstić information content (AvgIpc) is 2.91. The van der Waals surface area contributed by atoms with Gasteiger partial charge in [0, 0.05) is 25.6 Å². The lowest BCUT2D eigenvalue weighted by Gasteiger charge is -2.13. The summed E-state index contributed by atoms with van der Waals surface area (Å²) in [4.78, 5) is 16.6. The Morgan fingerprint density at radius 1 is 1.17 bits per heavy atom. The van der Waals surface area contributed by atoms with Crippen LogP contribution in [0.3, 0.4) is 0 Å². The first-order valence-electron chi connectivity index (χ1n) is 8.14. The Balaban J connectivity index is 1.54. The minimum Gasteiger partial charge on any atom is -0.354 e. The quantitative estimate of drug-likeness (QED) is 0.732. The minimum absolute atomic E-state index is 0.0339. The van der Waals surface area contributed by atoms with Gasteiger partial charge in [0.1, 0.15) is 5.82 Å². The normalized spacial score (nSPS) is 12.2. The topological polar surface area (TPSA) is 72.9 Å². The van der Waals surface area contributed by atoms with Crippen molar-refractivity contribution >= 4 is 16.9 Å². The van der Waals surface area contributed by atoms with Crippen LogP contribution in [0.2, 0.25) is 0 Å². The fraction of sp³-hybridized carbons (Fsp3) is 0.263. The number of hydrogen-bond donors (Lipinski definition) is 2. The Hall–Kier alpha value is -2.66. The molecule has 0 saturated carbocycles. The standard InChI is InChI=1S/C19H22N4O/c1-14-22-17-9-5-6-10-18(17)23(14)12-11-21-19(24)13-16(20)15-7-3-2-4-8-15/h2-10,16H,11-13,20H2,1H3,(H,21,24). The van der Waals surface area contributed by atoms with E-state index in [2.05, 4.69) is 14.9 Å². The number of fused-ring (bicyclic) bond motifs is 1. The van der Waals surface area contributed by atoms with Gasteiger partial charge in [-0.25, -0.2) is 4.98 Å². The highest BCUT2D eigenvalue weighted by atomic mass is 16.1. The van der Waals surface area contributed by atoms with Crippen molar-refractivity contribution in [3.63, 3.8) is 0 Å². The predicted octanol–water partition coefficient (Wildman–Crippen LogP) is 2.55. The zero-order chi connectivity index (χ0) is 16.9. The smallest absolute Gasteiger partial charge is 0.221 e. The van der Waals surface area contributed by atoms with Crippen LogP contribution in [-0.2, 0) is 11.3 Å². The minimum atomic E-state index is -0.276. The number of aromatic nitrogens is 2. The lowest BCUT2D eigenvalue weighted by Crippen LogP contribution is -2.30. The maximum atomic E-state index is 12.1. The van der Waals surface area contributed by atoms with Crippen LogP contribution in [0.15, 0.2) is 54.6 Å². The zero-order valence-electron chi connectivity index (χ0n) is 13.8. The monoisotopic (exact) mass is 322 g/mol. The van der Waals surface area contributed by atoms with Gasteiger partial charge in [-0.3, -0.25) is 4.79 Å². The number of imidazole rings is 1. The number of carbonyl (C=O) groups is 1. The molecule has 0 aliphatic rings. The van der Waals surface area contributed by atoms with Gasteiger partial charge in [0.05, 0.1) is 11.0 Å². The molecule has 3 N–H and O–H groups in total. The molecule has 5 nitrogen and oxygen atoms in total. The molecular weight excluding hydrogens is 300 g/mol. The van der Waals surface area contributed by atoms with E-state index in [1.165, 1.54) is 0 Å². The Kier molecular flexibility index (Phi) is 4.91. The van der Waals surface area contributed by atoms with Crippen LogP contribution < -0.4 is 11.1 Å². The van der Waals surface area contributed by atoms with E-state index in [-0.39, 0.29) is 18.4 Å². The number of para-hydroxylation sites is 2. The second-order valence-corrected chi connectivity index (χ2v) is 5.87. The molecule has 1 unspecified atom stereocenters. The first kappa shape index (κ1) is 16.2. The first-order chi connectivity index (χ1) is 11.6. The molecule has 0 aliphatic carbocycles. The number of nitrogens with one attached hydrogen (secondary N) is 1. The van der Waals surface area contributed by atoms with Crippen LogP contribution in [-0.4, -0.2) is 22.0 Å². The molecule has 3 rings (SSSR count). The van der Waals surface area contributed by atoms with Crippen molar-refractivity contribution in [3.05, 3.63) is 66.0 Å². The van der Waals surface area contributed by atoms with Crippen molar-refractivity contribution in [2.24, 2.45) is 5.73 Å². The molecule has 1 atom stereocenters. The maximum Gasteiger partial charge on any atom is 0.221 e. The number of aryl methyl sites for hydroxylation is 1. The van der Waals surface area contributed by atoms with E-state index in [1.54, 1.807) is 0 Å². The van der Waals surface area contributed by atoms with Crippen LogP contribution in [0.5, 0.6) is 0 Å². The molecule has 0 fully saturated rings. The SMILES string of the molecule is Cc1nc2ccccc2n1CCNC(=O)CC(N)c1ccccc1. The van der Waals surface area contributed by atoms with Crippen molar-refractivity contribution in [2.75, 3.05) is 6.54 Å². The second kappa shape index (κ2) is 7.27. The van der Waals surface area contributed by atoms with Crippen LogP contribution >= 0.6 is 0 Å². The summed E-state index contributed by atoms with van der Waals surface area (Å²) in [6.07, 6.45) is 0.285. The fourth-order valence-electron chi connectivity index (χ4n) is 2.88. The van der Waals surface area contributed by atoms with E-state index in [0.717, 1.165) is 22.4 Å². The van der Waals surface area contributed by atoms with Gasteiger partial charge in [-0.05, 0) is 24.6 Å². The molecule has 1 heterocycles. The van der Waals surface area contributed by atoms with Gasteiger partial charge in [0.15, 0.2) is 0 Å². The third-order valence-electron chi connectivity index (χ3n) is 4.14. The van der Waals surface area contributed by atoms with Crippen molar-refractivity contribution in [3.8, 4) is 0 Å². The summed E-state index contributed by atoms with van der Waals surface area (Å²) in [7, 11) is 0. The predicted molar refractivity (Wildman–Crippen MR) is 95.5 cm³/mol. The third kappa shape index (κ3) is 3.63. The third-order valence-corrected chi connectivity index (χ3v) is 4.14. The Labute approximate surface area is 141 Å². The lowest BCUT2D eigenvalue weighted by molar-refractivity contribution is -0.121. The van der Waals surface area contributed by atoms with Crippen LogP contribution in [0.1, 0.15) is 23.9 Å². The summed E-state index contributed by atoms with van der Waals surface area (Å²) in [6.45, 7) is 3.23. The molecular formula is C19H22N4O. The van der Waals surface area contributed by atoms with Crippen molar-refractivity contribution in [1.82, 2.24) is 14.9 Å². The fourth-order valence-corrected chi connectivity index (χ4v) is 2.88. The molecule has 0 spiro atoms. The van der Waals surface area contributed by atoms with Gasteiger partial charge in [0.25, 0.3) is 0 Å². The molecule has 3 aromatic rings. The highest BCUT2D eigenvalue weighted by Gasteiger charge is 2.11. The van der Waals surface area contributed by atoms with Gasteiger partial charge >= 0.3 is 0 Å². The summed E-state index contributed by atoms with van der Waals surface area (Å²) in [6, 6.07) is 17.4. The summed E-state index contributed by atoms with van der Waals surface area (Å²) < 4.78 is 2.12. The molecule has 24 heavy (non-hydrogen) atoms. The summed E-state index contributed by atoms with van der Waals surface area (Å²) in [5.74, 6) is 0.917. The van der Waals surface area contributed by atoms with E-state index in [4.69, 9.17) is 5.73 Å². The van der Waals surface area contributed by atoms with Crippen molar-refractivity contribution in [2.45, 2.75) is 25.9 Å². The van der Waals surface area contributed by atoms with Gasteiger partial charge in [-0.1, -0.05) is 42.5 Å². The van der Waals surface area contributed by atoms with Crippen LogP contribution in [0.25, 0.3) is 11.0 Å². The van der Waals surface area contributed by atoms with E-state index in [0.29, 0.717) is 13.1 Å². The number of hydrogen-bond acceptors (Lipinski definition) is 3. The molecule has 1 amide bonds. The maximum absolute atomic E-state index is 12.1. The van der Waals surface area contributed by atoms with Gasteiger partial charge in [-0.2, -0.15) is 0 Å². The molecule has 124 valence electrons. The van der Waals surface area contributed by atoms with Crippen LogP contribution in [0, 0.1) is 6.92 Å². The Bertz CT molecular complexity index is 826. The van der Waals surface area contributed by atoms with E-state index < -0.39 is 0 Å². The second-order valence-electron chi connectivity index (χ2n) is 5.87. The molecule has 0 saturated heterocycles. The first-order valence-corrected chi connectivity index (χ1v) is 8.14. The number of rotatable bonds is 6. The molecule has 5 heteroatoms. The zero-order valence-corrected chi connectivity index (χ0v) is 13.8. The number of nitrogens with zero attached hydrogens (tertiary/aromatic N) is 2. The van der Waals surface area contributed by atoms with E-state index in [1.807, 2.05) is 61.5 Å². The van der Waals surface area contributed by atoms with Gasteiger partial charge in [0.2, 0.25) is 5.91 Å². The molecule has 0 aliphatic heterocycles. The molecule has 0 bridgehead atoms. The summed E-state index contributed by atoms with van der Waals surface area (Å²) in [5.41, 5.74) is 9.13. The molecule has 2 aromatic carbocycles. The van der Waals surface area contributed by atoms with Gasteiger partial charge in [-0.15, -0.1) is 0 Å². The van der Waals surface area contributed by atoms with E-state index in [9.17, 15) is 4.79 Å². The van der Waals surface area contributed by atoms with E-state index >= 15 is 0 Å². The highest BCUT2D eigenvalue weighted by Crippen LogP contribution is 2.15. The van der Waals surface area contributed by atoms with Crippen molar-refractivity contribution in [1.29, 1.82) is 0 Å².